The molecule has 0 aliphatic rings. The number of hydrogen-bond acceptors (Lipinski definition) is 3. The van der Waals surface area contributed by atoms with Gasteiger partial charge in [0, 0.05) is 25.0 Å². The van der Waals surface area contributed by atoms with Crippen molar-refractivity contribution in [3.63, 3.8) is 0 Å². The van der Waals surface area contributed by atoms with Gasteiger partial charge in [-0.1, -0.05) is 0 Å². The Bertz CT molecular complexity index is 362. The summed E-state index contributed by atoms with van der Waals surface area (Å²) in [4.78, 5) is 7.04. The van der Waals surface area contributed by atoms with Gasteiger partial charge in [-0.05, 0) is 12.6 Å². The predicted molar refractivity (Wildman–Crippen MR) is 48.5 cm³/mol. The first-order chi connectivity index (χ1) is 6.40. The highest BCUT2D eigenvalue weighted by Gasteiger charge is 2.00. The average molecular weight is 177 g/mol. The van der Waals surface area contributed by atoms with Crippen LogP contribution < -0.4 is 5.73 Å². The van der Waals surface area contributed by atoms with Crippen LogP contribution >= 0.6 is 0 Å². The van der Waals surface area contributed by atoms with Gasteiger partial charge in [0.1, 0.15) is 0 Å². The molecule has 0 radical (unpaired) electrons. The average Bonchev–Trinajstić information content (AvgIpc) is 2.70. The first-order valence-corrected chi connectivity index (χ1v) is 4.14. The minimum atomic E-state index is 0.620. The molecule has 5 nitrogen and oxygen atoms in total. The molecule has 13 heavy (non-hydrogen) atoms. The smallest absolute Gasteiger partial charge is 0.227 e. The second-order valence-corrected chi connectivity index (χ2v) is 2.70. The quantitative estimate of drug-likeness (QED) is 0.698. The molecule has 2 rings (SSSR count). The summed E-state index contributed by atoms with van der Waals surface area (Å²) in [6.07, 6.45) is 6.12. The second-order valence-electron chi connectivity index (χ2n) is 2.70. The fraction of sp³-hybridized carbons (Fsp3) is 0.250. The zero-order valence-corrected chi connectivity index (χ0v) is 7.14. The molecule has 2 aromatic heterocycles. The third-order valence-electron chi connectivity index (χ3n) is 1.75. The summed E-state index contributed by atoms with van der Waals surface area (Å²) in [7, 11) is 0. The fourth-order valence-corrected chi connectivity index (χ4v) is 1.14. The first kappa shape index (κ1) is 8.00. The topological polar surface area (TPSA) is 72.5 Å². The summed E-state index contributed by atoms with van der Waals surface area (Å²) in [6, 6.07) is 1.94. The minimum Gasteiger partial charge on any atom is -0.330 e. The largest absolute Gasteiger partial charge is 0.330 e. The molecule has 0 saturated carbocycles. The van der Waals surface area contributed by atoms with E-state index in [0.717, 1.165) is 18.1 Å². The van der Waals surface area contributed by atoms with Crippen molar-refractivity contribution in [3.8, 4) is 5.95 Å². The molecule has 0 bridgehead atoms. The standard InChI is InChI=1S/C8H11N5/c9-3-1-7-2-6-13(12-7)8-10-4-5-11-8/h2,4-6H,1,3,9H2,(H,10,11). The van der Waals surface area contributed by atoms with Gasteiger partial charge in [-0.3, -0.25) is 0 Å². The number of nitrogens with zero attached hydrogens (tertiary/aromatic N) is 3. The van der Waals surface area contributed by atoms with Gasteiger partial charge >= 0.3 is 0 Å². The normalized spacial score (nSPS) is 10.5. The Balaban J connectivity index is 2.23. The number of aromatic nitrogens is 4. The maximum absolute atomic E-state index is 5.42. The van der Waals surface area contributed by atoms with Gasteiger partial charge in [0.25, 0.3) is 0 Å². The number of nitrogens with two attached hydrogens (primary N) is 1. The number of hydrogen-bond donors (Lipinski definition) is 2. The SMILES string of the molecule is NCCc1ccn(-c2ncc[nH]2)n1. The molecule has 2 heterocycles. The van der Waals surface area contributed by atoms with E-state index in [2.05, 4.69) is 15.1 Å². The Morgan fingerprint density at radius 3 is 3.15 bits per heavy atom. The van der Waals surface area contributed by atoms with Crippen LogP contribution in [0.25, 0.3) is 5.95 Å². The van der Waals surface area contributed by atoms with Crippen molar-refractivity contribution < 1.29 is 0 Å². The summed E-state index contributed by atoms with van der Waals surface area (Å²) in [5.74, 6) is 0.725. The Kier molecular flexibility index (Phi) is 2.09. The van der Waals surface area contributed by atoms with Crippen molar-refractivity contribution >= 4 is 0 Å². The van der Waals surface area contributed by atoms with Crippen LogP contribution in [0.15, 0.2) is 24.7 Å². The molecule has 3 N–H and O–H groups in total. The monoisotopic (exact) mass is 177 g/mol. The van der Waals surface area contributed by atoms with Gasteiger partial charge in [-0.15, -0.1) is 0 Å². The van der Waals surface area contributed by atoms with Gasteiger partial charge in [-0.2, -0.15) is 5.10 Å². The van der Waals surface area contributed by atoms with E-state index in [1.165, 1.54) is 0 Å². The van der Waals surface area contributed by atoms with Crippen molar-refractivity contribution in [3.05, 3.63) is 30.4 Å². The van der Waals surface area contributed by atoms with E-state index in [9.17, 15) is 0 Å². The lowest BCUT2D eigenvalue weighted by Gasteiger charge is -1.93. The number of H-pyrrole nitrogens is 1. The van der Waals surface area contributed by atoms with Gasteiger partial charge in [0.15, 0.2) is 0 Å². The molecule has 0 fully saturated rings. The summed E-state index contributed by atoms with van der Waals surface area (Å²) >= 11 is 0. The van der Waals surface area contributed by atoms with E-state index in [0.29, 0.717) is 6.54 Å². The molecule has 0 aliphatic carbocycles. The Hall–Kier alpha value is -1.62. The summed E-state index contributed by atoms with van der Waals surface area (Å²) < 4.78 is 1.70. The zero-order chi connectivity index (χ0) is 9.10. The minimum absolute atomic E-state index is 0.620. The van der Waals surface area contributed by atoms with Crippen molar-refractivity contribution in [2.24, 2.45) is 5.73 Å². The highest BCUT2D eigenvalue weighted by Crippen LogP contribution is 2.01. The molecule has 68 valence electrons. The van der Waals surface area contributed by atoms with Crippen molar-refractivity contribution in [1.29, 1.82) is 0 Å². The van der Waals surface area contributed by atoms with Gasteiger partial charge < -0.3 is 10.7 Å². The molecular weight excluding hydrogens is 166 g/mol. The van der Waals surface area contributed by atoms with Crippen LogP contribution in [0, 0.1) is 0 Å². The van der Waals surface area contributed by atoms with Crippen LogP contribution in [0.4, 0.5) is 0 Å². The van der Waals surface area contributed by atoms with E-state index in [-0.39, 0.29) is 0 Å². The van der Waals surface area contributed by atoms with E-state index in [4.69, 9.17) is 5.73 Å². The van der Waals surface area contributed by atoms with Crippen molar-refractivity contribution in [1.82, 2.24) is 19.7 Å². The third kappa shape index (κ3) is 1.59. The van der Waals surface area contributed by atoms with Gasteiger partial charge in [0.2, 0.25) is 5.95 Å². The van der Waals surface area contributed by atoms with Crippen LogP contribution in [0.3, 0.4) is 0 Å². The molecule has 0 amide bonds. The summed E-state index contributed by atoms with van der Waals surface area (Å²) in [5, 5.41) is 4.29. The number of rotatable bonds is 3. The molecule has 0 unspecified atom stereocenters. The third-order valence-corrected chi connectivity index (χ3v) is 1.75. The van der Waals surface area contributed by atoms with Gasteiger partial charge in [0.05, 0.1) is 5.69 Å². The van der Waals surface area contributed by atoms with E-state index < -0.39 is 0 Å². The first-order valence-electron chi connectivity index (χ1n) is 4.14. The van der Waals surface area contributed by atoms with Crippen LogP contribution in [0.2, 0.25) is 0 Å². The van der Waals surface area contributed by atoms with Crippen LogP contribution in [-0.2, 0) is 6.42 Å². The molecule has 2 aromatic rings. The van der Waals surface area contributed by atoms with Crippen molar-refractivity contribution in [2.45, 2.75) is 6.42 Å². The highest BCUT2D eigenvalue weighted by molar-refractivity contribution is 5.11. The Morgan fingerprint density at radius 2 is 2.46 bits per heavy atom. The highest BCUT2D eigenvalue weighted by atomic mass is 15.3. The van der Waals surface area contributed by atoms with Crippen LogP contribution in [0.1, 0.15) is 5.69 Å². The van der Waals surface area contributed by atoms with Crippen molar-refractivity contribution in [2.75, 3.05) is 6.54 Å². The Morgan fingerprint density at radius 1 is 1.54 bits per heavy atom. The van der Waals surface area contributed by atoms with E-state index in [1.54, 1.807) is 17.1 Å². The maximum Gasteiger partial charge on any atom is 0.227 e. The van der Waals surface area contributed by atoms with E-state index in [1.807, 2.05) is 12.3 Å². The summed E-state index contributed by atoms with van der Waals surface area (Å²) in [5.41, 5.74) is 6.40. The molecular formula is C8H11N5. The lowest BCUT2D eigenvalue weighted by atomic mass is 10.3. The van der Waals surface area contributed by atoms with E-state index >= 15 is 0 Å². The predicted octanol–water partition coefficient (Wildman–Crippen LogP) is 0.0966. The number of aromatic amines is 1. The maximum atomic E-state index is 5.42. The zero-order valence-electron chi connectivity index (χ0n) is 7.14. The van der Waals surface area contributed by atoms with Crippen LogP contribution in [-0.4, -0.2) is 26.3 Å². The molecule has 0 aliphatic heterocycles. The van der Waals surface area contributed by atoms with Gasteiger partial charge in [-0.25, -0.2) is 9.67 Å². The molecule has 0 atom stereocenters. The molecule has 0 aromatic carbocycles. The second kappa shape index (κ2) is 3.40. The summed E-state index contributed by atoms with van der Waals surface area (Å²) in [6.45, 7) is 0.620. The fourth-order valence-electron chi connectivity index (χ4n) is 1.14. The molecule has 0 spiro atoms. The number of nitrogens with one attached hydrogen (secondary N) is 1. The van der Waals surface area contributed by atoms with Crippen LogP contribution in [0.5, 0.6) is 0 Å². The lowest BCUT2D eigenvalue weighted by Crippen LogP contribution is -2.04. The molecule has 0 saturated heterocycles. The Labute approximate surface area is 75.6 Å². The lowest BCUT2D eigenvalue weighted by molar-refractivity contribution is 0.787. The number of imidazole rings is 1. The molecule has 5 heteroatoms.